The Balaban J connectivity index is 1.65. The average molecular weight is 431 g/mol. The lowest BCUT2D eigenvalue weighted by Crippen LogP contribution is -2.36. The third-order valence-corrected chi connectivity index (χ3v) is 6.10. The first-order chi connectivity index (χ1) is 13.5. The van der Waals surface area contributed by atoms with E-state index in [1.165, 1.54) is 28.0 Å². The molecule has 1 N–H and O–H groups in total. The van der Waals surface area contributed by atoms with E-state index in [9.17, 15) is 9.59 Å². The Labute approximate surface area is 176 Å². The highest BCUT2D eigenvalue weighted by molar-refractivity contribution is 8.26. The van der Waals surface area contributed by atoms with Gasteiger partial charge in [0.25, 0.3) is 5.91 Å². The van der Waals surface area contributed by atoms with Crippen LogP contribution in [0.5, 0.6) is 0 Å². The second-order valence-electron chi connectivity index (χ2n) is 5.97. The van der Waals surface area contributed by atoms with Crippen molar-refractivity contribution in [1.82, 2.24) is 15.1 Å². The lowest BCUT2D eigenvalue weighted by atomic mass is 10.1. The summed E-state index contributed by atoms with van der Waals surface area (Å²) in [5.41, 5.74) is 1.98. The fraction of sp³-hybridized carbons (Fsp3) is 0.211. The number of rotatable bonds is 6. The number of nitrogens with one attached hydrogen (secondary N) is 1. The quantitative estimate of drug-likeness (QED) is 0.554. The van der Waals surface area contributed by atoms with Crippen molar-refractivity contribution in [1.29, 1.82) is 0 Å². The summed E-state index contributed by atoms with van der Waals surface area (Å²) in [6.45, 7) is 3.74. The van der Waals surface area contributed by atoms with Crippen molar-refractivity contribution in [3.63, 3.8) is 0 Å². The van der Waals surface area contributed by atoms with Gasteiger partial charge in [0, 0.05) is 0 Å². The zero-order chi connectivity index (χ0) is 20.1. The predicted molar refractivity (Wildman–Crippen MR) is 118 cm³/mol. The Morgan fingerprint density at radius 3 is 2.71 bits per heavy atom. The largest absolute Gasteiger partial charge is 0.299 e. The van der Waals surface area contributed by atoms with Gasteiger partial charge in [0.05, 0.1) is 4.91 Å². The normalized spacial score (nSPS) is 16.1. The van der Waals surface area contributed by atoms with Crippen LogP contribution in [0.15, 0.2) is 46.9 Å². The van der Waals surface area contributed by atoms with E-state index in [2.05, 4.69) is 15.5 Å². The SMILES string of the molecule is CCc1nnc(NC(=O)CN2C(=O)C(=CC(C)=Cc3ccccc3)SC2=S)s1. The number of aromatic nitrogens is 2. The summed E-state index contributed by atoms with van der Waals surface area (Å²) < 4.78 is 0.366. The average Bonchev–Trinajstić information content (AvgIpc) is 3.22. The van der Waals surface area contributed by atoms with Crippen LogP contribution in [-0.2, 0) is 16.0 Å². The van der Waals surface area contributed by atoms with Gasteiger partial charge in [-0.1, -0.05) is 78.6 Å². The summed E-state index contributed by atoms with van der Waals surface area (Å²) in [6, 6.07) is 9.85. The molecule has 2 heterocycles. The van der Waals surface area contributed by atoms with Gasteiger partial charge in [0.1, 0.15) is 15.9 Å². The molecular formula is C19H18N4O2S3. The molecule has 0 bridgehead atoms. The Kier molecular flexibility index (Phi) is 6.71. The van der Waals surface area contributed by atoms with E-state index in [1.54, 1.807) is 6.08 Å². The monoisotopic (exact) mass is 430 g/mol. The van der Waals surface area contributed by atoms with Crippen LogP contribution >= 0.6 is 35.3 Å². The molecule has 144 valence electrons. The molecule has 0 spiro atoms. The summed E-state index contributed by atoms with van der Waals surface area (Å²) >= 11 is 7.80. The zero-order valence-electron chi connectivity index (χ0n) is 15.3. The van der Waals surface area contributed by atoms with Crippen molar-refractivity contribution >= 4 is 62.7 Å². The van der Waals surface area contributed by atoms with Crippen molar-refractivity contribution < 1.29 is 9.59 Å². The summed E-state index contributed by atoms with van der Waals surface area (Å²) in [6.07, 6.45) is 4.53. The Morgan fingerprint density at radius 2 is 2.04 bits per heavy atom. The molecule has 0 aliphatic carbocycles. The van der Waals surface area contributed by atoms with E-state index in [0.717, 1.165) is 22.6 Å². The molecule has 6 nitrogen and oxygen atoms in total. The molecule has 1 aromatic carbocycles. The minimum Gasteiger partial charge on any atom is -0.299 e. The van der Waals surface area contributed by atoms with Crippen LogP contribution in [0.3, 0.4) is 0 Å². The van der Waals surface area contributed by atoms with Crippen LogP contribution < -0.4 is 5.32 Å². The van der Waals surface area contributed by atoms with Crippen molar-refractivity contribution in [2.75, 3.05) is 11.9 Å². The lowest BCUT2D eigenvalue weighted by Gasteiger charge is -2.13. The molecule has 0 unspecified atom stereocenters. The van der Waals surface area contributed by atoms with E-state index in [-0.39, 0.29) is 18.4 Å². The number of aryl methyl sites for hydroxylation is 1. The van der Waals surface area contributed by atoms with Gasteiger partial charge in [0.15, 0.2) is 0 Å². The number of thiocarbonyl (C=S) groups is 1. The molecule has 28 heavy (non-hydrogen) atoms. The maximum absolute atomic E-state index is 12.7. The second kappa shape index (κ2) is 9.22. The maximum Gasteiger partial charge on any atom is 0.266 e. The first kappa shape index (κ1) is 20.4. The van der Waals surface area contributed by atoms with Crippen LogP contribution in [0, 0.1) is 0 Å². The highest BCUT2D eigenvalue weighted by Gasteiger charge is 2.33. The highest BCUT2D eigenvalue weighted by Crippen LogP contribution is 2.32. The van der Waals surface area contributed by atoms with Gasteiger partial charge in [-0.2, -0.15) is 0 Å². The predicted octanol–water partition coefficient (Wildman–Crippen LogP) is 3.89. The molecule has 0 saturated carbocycles. The molecule has 1 aliphatic rings. The van der Waals surface area contributed by atoms with Crippen LogP contribution in [0.4, 0.5) is 5.13 Å². The molecule has 1 saturated heterocycles. The van der Waals surface area contributed by atoms with Gasteiger partial charge in [-0.3, -0.25) is 19.8 Å². The number of amides is 2. The number of allylic oxidation sites excluding steroid dienone is 2. The highest BCUT2D eigenvalue weighted by atomic mass is 32.2. The fourth-order valence-electron chi connectivity index (χ4n) is 2.45. The van der Waals surface area contributed by atoms with Crippen LogP contribution in [0.2, 0.25) is 0 Å². The number of thioether (sulfide) groups is 1. The van der Waals surface area contributed by atoms with E-state index in [0.29, 0.717) is 14.4 Å². The number of benzene rings is 1. The minimum absolute atomic E-state index is 0.148. The van der Waals surface area contributed by atoms with E-state index < -0.39 is 0 Å². The molecule has 3 rings (SSSR count). The molecule has 9 heteroatoms. The number of carbonyl (C=O) groups is 2. The zero-order valence-corrected chi connectivity index (χ0v) is 17.8. The summed E-state index contributed by atoms with van der Waals surface area (Å²) in [4.78, 5) is 26.7. The first-order valence-electron chi connectivity index (χ1n) is 8.57. The standard InChI is InChI=1S/C19H18N4O2S3/c1-3-16-21-22-18(28-16)20-15(24)11-23-17(25)14(27-19(23)26)10-12(2)9-13-7-5-4-6-8-13/h4-10H,3,11H2,1-2H3,(H,20,22,24). The summed E-state index contributed by atoms with van der Waals surface area (Å²) in [5, 5.41) is 11.8. The Hall–Kier alpha value is -2.36. The van der Waals surface area contributed by atoms with Crippen LogP contribution in [0.1, 0.15) is 24.4 Å². The number of nitrogens with zero attached hydrogens (tertiary/aromatic N) is 3. The Bertz CT molecular complexity index is 967. The van der Waals surface area contributed by atoms with Crippen molar-refractivity contribution in [3.8, 4) is 0 Å². The fourth-order valence-corrected chi connectivity index (χ4v) is 4.45. The van der Waals surface area contributed by atoms with Crippen molar-refractivity contribution in [2.45, 2.75) is 20.3 Å². The molecule has 2 amide bonds. The van der Waals surface area contributed by atoms with Crippen LogP contribution in [0.25, 0.3) is 6.08 Å². The van der Waals surface area contributed by atoms with E-state index in [4.69, 9.17) is 12.2 Å². The Morgan fingerprint density at radius 1 is 1.29 bits per heavy atom. The smallest absolute Gasteiger partial charge is 0.266 e. The second-order valence-corrected chi connectivity index (χ2v) is 8.71. The van der Waals surface area contributed by atoms with Crippen molar-refractivity contribution in [2.24, 2.45) is 0 Å². The topological polar surface area (TPSA) is 75.2 Å². The minimum atomic E-state index is -0.354. The number of hydrogen-bond acceptors (Lipinski definition) is 7. The molecule has 0 radical (unpaired) electrons. The first-order valence-corrected chi connectivity index (χ1v) is 10.6. The van der Waals surface area contributed by atoms with Gasteiger partial charge in [-0.25, -0.2) is 0 Å². The molecule has 1 fully saturated rings. The van der Waals surface area contributed by atoms with Crippen molar-refractivity contribution in [3.05, 3.63) is 57.5 Å². The molecule has 0 atom stereocenters. The van der Waals surface area contributed by atoms with Gasteiger partial charge < -0.3 is 0 Å². The van der Waals surface area contributed by atoms with E-state index in [1.807, 2.05) is 50.3 Å². The molecular weight excluding hydrogens is 412 g/mol. The number of hydrogen-bond donors (Lipinski definition) is 1. The molecule has 1 aliphatic heterocycles. The van der Waals surface area contributed by atoms with Gasteiger partial charge in [-0.15, -0.1) is 10.2 Å². The van der Waals surface area contributed by atoms with Gasteiger partial charge >= 0.3 is 0 Å². The lowest BCUT2D eigenvalue weighted by molar-refractivity contribution is -0.126. The molecule has 2 aromatic rings. The number of anilines is 1. The number of carbonyl (C=O) groups excluding carboxylic acids is 2. The summed E-state index contributed by atoms with van der Waals surface area (Å²) in [7, 11) is 0. The summed E-state index contributed by atoms with van der Waals surface area (Å²) in [5.74, 6) is -0.620. The van der Waals surface area contributed by atoms with Gasteiger partial charge in [-0.05, 0) is 30.6 Å². The maximum atomic E-state index is 12.7. The third kappa shape index (κ3) is 5.12. The molecule has 1 aromatic heterocycles. The third-order valence-electron chi connectivity index (χ3n) is 3.74. The van der Waals surface area contributed by atoms with E-state index >= 15 is 0 Å². The van der Waals surface area contributed by atoms with Gasteiger partial charge in [0.2, 0.25) is 11.0 Å². The van der Waals surface area contributed by atoms with Crippen LogP contribution in [-0.4, -0.2) is 37.8 Å².